The van der Waals surface area contributed by atoms with Crippen molar-refractivity contribution >= 4 is 29.1 Å². The van der Waals surface area contributed by atoms with Crippen molar-refractivity contribution in [1.29, 1.82) is 0 Å². The van der Waals surface area contributed by atoms with Gasteiger partial charge < -0.3 is 15.2 Å². The molecule has 3 N–H and O–H groups in total. The molecule has 0 aliphatic heterocycles. The Morgan fingerprint density at radius 3 is 2.39 bits per heavy atom. The van der Waals surface area contributed by atoms with Crippen LogP contribution in [0, 0.1) is 6.92 Å². The van der Waals surface area contributed by atoms with E-state index in [1.165, 1.54) is 6.07 Å². The molecule has 2 aromatic carbocycles. The van der Waals surface area contributed by atoms with Crippen molar-refractivity contribution in [3.05, 3.63) is 93.6 Å². The molecule has 10 heteroatoms. The van der Waals surface area contributed by atoms with E-state index in [0.717, 1.165) is 27.9 Å². The number of nitrogens with zero attached hydrogens (tertiary/aromatic N) is 2. The number of hydrogen-bond acceptors (Lipinski definition) is 4. The highest BCUT2D eigenvalue weighted by Crippen LogP contribution is 2.40. The van der Waals surface area contributed by atoms with Gasteiger partial charge in [0.1, 0.15) is 6.04 Å². The summed E-state index contributed by atoms with van der Waals surface area (Å²) in [4.78, 5) is 38.3. The van der Waals surface area contributed by atoms with Crippen LogP contribution in [0.5, 0.6) is 0 Å². The molecule has 2 amide bonds. The first-order chi connectivity index (χ1) is 19.5. The van der Waals surface area contributed by atoms with Gasteiger partial charge in [-0.1, -0.05) is 29.8 Å². The van der Waals surface area contributed by atoms with E-state index in [2.05, 4.69) is 20.8 Å². The Morgan fingerprint density at radius 2 is 1.76 bits per heavy atom. The van der Waals surface area contributed by atoms with Crippen molar-refractivity contribution in [2.75, 3.05) is 5.32 Å². The molecule has 212 valence electrons. The number of aryl methyl sites for hydroxylation is 1. The lowest BCUT2D eigenvalue weighted by atomic mass is 9.99. The minimum atomic E-state index is -1.95. The maximum absolute atomic E-state index is 14.6. The molecule has 1 saturated carbocycles. The van der Waals surface area contributed by atoms with E-state index >= 15 is 0 Å². The van der Waals surface area contributed by atoms with E-state index in [1.54, 1.807) is 41.2 Å². The van der Waals surface area contributed by atoms with Gasteiger partial charge in [-0.25, -0.2) is 4.39 Å². The topological polar surface area (TPSA) is 109 Å². The fourth-order valence-corrected chi connectivity index (χ4v) is 4.84. The van der Waals surface area contributed by atoms with Crippen LogP contribution < -0.4 is 16.2 Å². The van der Waals surface area contributed by atoms with Gasteiger partial charge in [-0.3, -0.25) is 19.5 Å². The molecule has 5 rings (SSSR count). The number of pyridine rings is 1. The molecule has 0 saturated heterocycles. The molecular formula is C31H31ClFN5O3. The Balaban J connectivity index is 1.40. The highest BCUT2D eigenvalue weighted by molar-refractivity contribution is 6.31. The Hall–Kier alpha value is -4.24. The largest absolute Gasteiger partial charge is 0.341 e. The summed E-state index contributed by atoms with van der Waals surface area (Å²) < 4.78 is 16.2. The molecule has 2 heterocycles. The number of amides is 2. The quantitative estimate of drug-likeness (QED) is 0.241. The summed E-state index contributed by atoms with van der Waals surface area (Å²) in [5, 5.41) is 12.8. The molecule has 1 atom stereocenters. The number of aromatic amines is 1. The van der Waals surface area contributed by atoms with Crippen molar-refractivity contribution in [3.63, 3.8) is 0 Å². The number of anilines is 1. The van der Waals surface area contributed by atoms with Crippen LogP contribution in [0.3, 0.4) is 0 Å². The summed E-state index contributed by atoms with van der Waals surface area (Å²) >= 11 is 6.54. The summed E-state index contributed by atoms with van der Waals surface area (Å²) in [6, 6.07) is 14.7. The molecule has 2 aromatic heterocycles. The smallest absolute Gasteiger partial charge is 0.258 e. The Labute approximate surface area is 241 Å². The molecular weight excluding hydrogens is 545 g/mol. The molecule has 4 aromatic rings. The highest BCUT2D eigenvalue weighted by Gasteiger charge is 2.51. The van der Waals surface area contributed by atoms with Gasteiger partial charge in [0.25, 0.3) is 11.5 Å². The van der Waals surface area contributed by atoms with Crippen LogP contribution in [-0.4, -0.2) is 38.3 Å². The third-order valence-electron chi connectivity index (χ3n) is 7.31. The number of H-pyrrole nitrogens is 1. The lowest BCUT2D eigenvalue weighted by Gasteiger charge is -2.21. The third kappa shape index (κ3) is 6.25. The van der Waals surface area contributed by atoms with Crippen molar-refractivity contribution < 1.29 is 14.0 Å². The summed E-state index contributed by atoms with van der Waals surface area (Å²) in [5.74, 6) is -1.30. The molecule has 1 unspecified atom stereocenters. The lowest BCUT2D eigenvalue weighted by Crippen LogP contribution is -2.48. The molecule has 41 heavy (non-hydrogen) atoms. The number of alkyl halides is 1. The van der Waals surface area contributed by atoms with Gasteiger partial charge in [0.15, 0.2) is 5.67 Å². The number of carbonyl (C=O) groups is 2. The molecule has 1 aliphatic rings. The van der Waals surface area contributed by atoms with Crippen molar-refractivity contribution in [2.24, 2.45) is 0 Å². The second-order valence-electron chi connectivity index (χ2n) is 10.7. The standard InChI is InChI=1S/C31H31ClFN5O3/c1-18(2)38-17-22(7-11-28(38)39)21-6-10-26(32)23(14-21)15-27(36-30(41)31(33)12-13-31)29(40)35-24-8-4-20(5-9-24)25-16-34-37-19(25)3/h4-11,14,16-18,27H,12-13,15H2,1-3H3,(H,34,37)(H,35,40)(H,36,41). The summed E-state index contributed by atoms with van der Waals surface area (Å²) in [7, 11) is 0. The van der Waals surface area contributed by atoms with E-state index in [1.807, 2.05) is 45.0 Å². The Morgan fingerprint density at radius 1 is 1.07 bits per heavy atom. The Bertz CT molecular complexity index is 1660. The second kappa shape index (κ2) is 11.3. The number of rotatable bonds is 9. The second-order valence-corrected chi connectivity index (χ2v) is 11.1. The zero-order valence-corrected chi connectivity index (χ0v) is 23.8. The van der Waals surface area contributed by atoms with Crippen LogP contribution >= 0.6 is 11.6 Å². The zero-order valence-electron chi connectivity index (χ0n) is 23.0. The normalized spacial score (nSPS) is 14.5. The summed E-state index contributed by atoms with van der Waals surface area (Å²) in [5.41, 5.74) is 3.46. The number of nitrogens with one attached hydrogen (secondary N) is 3. The SMILES string of the molecule is Cc1[nH]ncc1-c1ccc(NC(=O)C(Cc2cc(-c3ccc(=O)n(C(C)C)c3)ccc2Cl)NC(=O)C2(F)CC2)cc1. The molecule has 8 nitrogen and oxygen atoms in total. The van der Waals surface area contributed by atoms with Gasteiger partial charge in [0.2, 0.25) is 5.91 Å². The van der Waals surface area contributed by atoms with Crippen LogP contribution in [0.1, 0.15) is 44.0 Å². The van der Waals surface area contributed by atoms with Gasteiger partial charge in [0, 0.05) is 46.7 Å². The highest BCUT2D eigenvalue weighted by atomic mass is 35.5. The van der Waals surface area contributed by atoms with Gasteiger partial charge in [0.05, 0.1) is 6.20 Å². The Kier molecular flexibility index (Phi) is 7.82. The molecule has 0 spiro atoms. The fraction of sp³-hybridized carbons (Fsp3) is 0.290. The first kappa shape index (κ1) is 28.3. The number of hydrogen-bond donors (Lipinski definition) is 3. The zero-order chi connectivity index (χ0) is 29.3. The van der Waals surface area contributed by atoms with Crippen molar-refractivity contribution in [3.8, 4) is 22.3 Å². The predicted molar refractivity (Wildman–Crippen MR) is 158 cm³/mol. The van der Waals surface area contributed by atoms with Crippen LogP contribution in [0.15, 0.2) is 71.8 Å². The molecule has 1 fully saturated rings. The monoisotopic (exact) mass is 575 g/mol. The predicted octanol–water partition coefficient (Wildman–Crippen LogP) is 5.62. The van der Waals surface area contributed by atoms with E-state index in [9.17, 15) is 18.8 Å². The lowest BCUT2D eigenvalue weighted by molar-refractivity contribution is -0.131. The van der Waals surface area contributed by atoms with Gasteiger partial charge >= 0.3 is 0 Å². The van der Waals surface area contributed by atoms with E-state index < -0.39 is 23.5 Å². The molecule has 0 bridgehead atoms. The van der Waals surface area contributed by atoms with E-state index in [-0.39, 0.29) is 30.9 Å². The van der Waals surface area contributed by atoms with Crippen LogP contribution in [0.4, 0.5) is 10.1 Å². The number of carbonyl (C=O) groups excluding carboxylic acids is 2. The number of halogens is 2. The fourth-order valence-electron chi connectivity index (χ4n) is 4.65. The van der Waals surface area contributed by atoms with E-state index in [4.69, 9.17) is 11.6 Å². The minimum absolute atomic E-state index is 0.0225. The summed E-state index contributed by atoms with van der Waals surface area (Å²) in [6.07, 6.45) is 3.80. The maximum atomic E-state index is 14.6. The number of aromatic nitrogens is 3. The first-order valence-corrected chi connectivity index (χ1v) is 13.8. The third-order valence-corrected chi connectivity index (χ3v) is 7.68. The minimum Gasteiger partial charge on any atom is -0.341 e. The van der Waals surface area contributed by atoms with Crippen LogP contribution in [-0.2, 0) is 16.0 Å². The van der Waals surface area contributed by atoms with E-state index in [0.29, 0.717) is 16.3 Å². The number of benzene rings is 2. The van der Waals surface area contributed by atoms with Crippen LogP contribution in [0.2, 0.25) is 5.02 Å². The molecule has 0 radical (unpaired) electrons. The van der Waals surface area contributed by atoms with Crippen molar-refractivity contribution in [1.82, 2.24) is 20.1 Å². The average Bonchev–Trinajstić information content (AvgIpc) is 3.56. The van der Waals surface area contributed by atoms with Crippen LogP contribution in [0.25, 0.3) is 22.3 Å². The van der Waals surface area contributed by atoms with Gasteiger partial charge in [-0.15, -0.1) is 0 Å². The van der Waals surface area contributed by atoms with Crippen molar-refractivity contribution in [2.45, 2.75) is 57.8 Å². The molecule has 1 aliphatic carbocycles. The maximum Gasteiger partial charge on any atom is 0.258 e. The van der Waals surface area contributed by atoms with Gasteiger partial charge in [-0.05, 0) is 86.2 Å². The van der Waals surface area contributed by atoms with Gasteiger partial charge in [-0.2, -0.15) is 5.10 Å². The average molecular weight is 576 g/mol. The summed E-state index contributed by atoms with van der Waals surface area (Å²) in [6.45, 7) is 5.77. The first-order valence-electron chi connectivity index (χ1n) is 13.5.